The minimum absolute atomic E-state index is 0.0450. The van der Waals surface area contributed by atoms with Crippen LogP contribution < -0.4 is 4.74 Å². The van der Waals surface area contributed by atoms with Gasteiger partial charge in [-0.2, -0.15) is 0 Å². The quantitative estimate of drug-likeness (QED) is 0.424. The van der Waals surface area contributed by atoms with E-state index in [1.165, 1.54) is 0 Å². The van der Waals surface area contributed by atoms with Crippen LogP contribution in [0.15, 0.2) is 18.2 Å². The zero-order chi connectivity index (χ0) is 14.4. The van der Waals surface area contributed by atoms with Crippen LogP contribution in [0.5, 0.6) is 5.75 Å². The summed E-state index contributed by atoms with van der Waals surface area (Å²) in [6, 6.07) is 5.19. The number of nitro groups is 1. The van der Waals surface area contributed by atoms with Crippen LogP contribution in [0.3, 0.4) is 0 Å². The van der Waals surface area contributed by atoms with Crippen LogP contribution in [0.2, 0.25) is 0 Å². The molecule has 0 aliphatic rings. The van der Waals surface area contributed by atoms with Crippen LogP contribution in [0.25, 0.3) is 0 Å². The summed E-state index contributed by atoms with van der Waals surface area (Å²) in [5, 5.41) is 11.0. The zero-order valence-electron chi connectivity index (χ0n) is 11.6. The standard InChI is InChI=1S/C14H20BrNO3/c1-4-19-14-6-5-11(9-13(14)16(17)18)8-12(15)7-10(2)3/h5-6,9-10,12H,4,7-8H2,1-3H3. The van der Waals surface area contributed by atoms with E-state index in [9.17, 15) is 10.1 Å². The van der Waals surface area contributed by atoms with Crippen molar-refractivity contribution in [2.24, 2.45) is 5.92 Å². The molecule has 0 radical (unpaired) electrons. The van der Waals surface area contributed by atoms with E-state index in [1.807, 2.05) is 13.0 Å². The zero-order valence-corrected chi connectivity index (χ0v) is 13.1. The Hall–Kier alpha value is -1.10. The first kappa shape index (κ1) is 16.0. The molecule has 0 aromatic heterocycles. The summed E-state index contributed by atoms with van der Waals surface area (Å²) >= 11 is 3.62. The van der Waals surface area contributed by atoms with Crippen molar-refractivity contribution < 1.29 is 9.66 Å². The Labute approximate surface area is 122 Å². The van der Waals surface area contributed by atoms with E-state index in [-0.39, 0.29) is 10.6 Å². The molecule has 1 atom stereocenters. The molecule has 106 valence electrons. The van der Waals surface area contributed by atoms with E-state index in [4.69, 9.17) is 4.74 Å². The van der Waals surface area contributed by atoms with Gasteiger partial charge in [0, 0.05) is 10.9 Å². The Morgan fingerprint density at radius 1 is 1.42 bits per heavy atom. The van der Waals surface area contributed by atoms with Gasteiger partial charge < -0.3 is 4.74 Å². The number of benzene rings is 1. The van der Waals surface area contributed by atoms with Crippen LogP contribution in [-0.2, 0) is 6.42 Å². The maximum atomic E-state index is 11.0. The van der Waals surface area contributed by atoms with Gasteiger partial charge in [0.25, 0.3) is 0 Å². The molecule has 1 aromatic carbocycles. The summed E-state index contributed by atoms with van der Waals surface area (Å²) in [7, 11) is 0. The Morgan fingerprint density at radius 2 is 2.11 bits per heavy atom. The lowest BCUT2D eigenvalue weighted by atomic mass is 10.0. The smallest absolute Gasteiger partial charge is 0.311 e. The van der Waals surface area contributed by atoms with Crippen molar-refractivity contribution in [1.29, 1.82) is 0 Å². The molecular weight excluding hydrogens is 310 g/mol. The SMILES string of the molecule is CCOc1ccc(CC(Br)CC(C)C)cc1[N+](=O)[O-]. The number of halogens is 1. The second-order valence-electron chi connectivity index (χ2n) is 4.92. The van der Waals surface area contributed by atoms with Gasteiger partial charge in [0.05, 0.1) is 11.5 Å². The molecule has 0 spiro atoms. The lowest BCUT2D eigenvalue weighted by molar-refractivity contribution is -0.385. The van der Waals surface area contributed by atoms with Crippen molar-refractivity contribution in [3.63, 3.8) is 0 Å². The molecule has 1 aromatic rings. The molecule has 0 saturated carbocycles. The van der Waals surface area contributed by atoms with Gasteiger partial charge in [0.15, 0.2) is 5.75 Å². The lowest BCUT2D eigenvalue weighted by Crippen LogP contribution is -2.07. The van der Waals surface area contributed by atoms with E-state index >= 15 is 0 Å². The monoisotopic (exact) mass is 329 g/mol. The molecule has 1 unspecified atom stereocenters. The van der Waals surface area contributed by atoms with E-state index in [0.29, 0.717) is 23.1 Å². The maximum absolute atomic E-state index is 11.0. The molecule has 0 saturated heterocycles. The fraction of sp³-hybridized carbons (Fsp3) is 0.571. The number of ether oxygens (including phenoxy) is 1. The third-order valence-electron chi connectivity index (χ3n) is 2.70. The molecule has 4 nitrogen and oxygen atoms in total. The average molecular weight is 330 g/mol. The van der Waals surface area contributed by atoms with E-state index < -0.39 is 0 Å². The highest BCUT2D eigenvalue weighted by molar-refractivity contribution is 9.09. The normalized spacial score (nSPS) is 12.5. The molecule has 5 heteroatoms. The van der Waals surface area contributed by atoms with Gasteiger partial charge in [0.1, 0.15) is 0 Å². The summed E-state index contributed by atoms with van der Waals surface area (Å²) < 4.78 is 5.27. The second kappa shape index (κ2) is 7.48. The third kappa shape index (κ3) is 5.19. The van der Waals surface area contributed by atoms with Crippen molar-refractivity contribution in [2.75, 3.05) is 6.61 Å². The molecule has 0 bridgehead atoms. The molecule has 1 rings (SSSR count). The largest absolute Gasteiger partial charge is 0.487 e. The van der Waals surface area contributed by atoms with Crippen molar-refractivity contribution in [3.8, 4) is 5.75 Å². The molecule has 0 amide bonds. The summed E-state index contributed by atoms with van der Waals surface area (Å²) in [5.41, 5.74) is 1.00. The van der Waals surface area contributed by atoms with E-state index in [2.05, 4.69) is 29.8 Å². The second-order valence-corrected chi connectivity index (χ2v) is 6.22. The van der Waals surface area contributed by atoms with Crippen molar-refractivity contribution in [3.05, 3.63) is 33.9 Å². The van der Waals surface area contributed by atoms with Gasteiger partial charge >= 0.3 is 5.69 Å². The van der Waals surface area contributed by atoms with Crippen molar-refractivity contribution >= 4 is 21.6 Å². The first-order valence-electron chi connectivity index (χ1n) is 6.48. The Morgan fingerprint density at radius 3 is 2.63 bits per heavy atom. The van der Waals surface area contributed by atoms with Gasteiger partial charge in [-0.1, -0.05) is 35.8 Å². The molecule has 19 heavy (non-hydrogen) atoms. The molecule has 0 heterocycles. The van der Waals surface area contributed by atoms with E-state index in [1.54, 1.807) is 12.1 Å². The Bertz CT molecular complexity index is 435. The number of hydrogen-bond donors (Lipinski definition) is 0. The van der Waals surface area contributed by atoms with E-state index in [0.717, 1.165) is 18.4 Å². The van der Waals surface area contributed by atoms with Crippen LogP contribution >= 0.6 is 15.9 Å². The minimum atomic E-state index is -0.389. The summed E-state index contributed by atoms with van der Waals surface area (Å²) in [5.74, 6) is 0.938. The Kier molecular flexibility index (Phi) is 6.28. The van der Waals surface area contributed by atoms with Crippen LogP contribution in [0.4, 0.5) is 5.69 Å². The van der Waals surface area contributed by atoms with Crippen molar-refractivity contribution in [1.82, 2.24) is 0 Å². The maximum Gasteiger partial charge on any atom is 0.311 e. The number of nitrogens with zero attached hydrogens (tertiary/aromatic N) is 1. The highest BCUT2D eigenvalue weighted by atomic mass is 79.9. The molecule has 0 aliphatic carbocycles. The minimum Gasteiger partial charge on any atom is -0.487 e. The fourth-order valence-corrected chi connectivity index (χ4v) is 3.08. The van der Waals surface area contributed by atoms with Gasteiger partial charge in [-0.05, 0) is 37.3 Å². The van der Waals surface area contributed by atoms with Crippen LogP contribution in [0, 0.1) is 16.0 Å². The summed E-state index contributed by atoms with van der Waals surface area (Å²) in [6.07, 6.45) is 1.83. The van der Waals surface area contributed by atoms with Gasteiger partial charge in [-0.25, -0.2) is 0 Å². The number of nitro benzene ring substituents is 1. The number of rotatable bonds is 7. The average Bonchev–Trinajstić information content (AvgIpc) is 2.30. The summed E-state index contributed by atoms with van der Waals surface area (Å²) in [4.78, 5) is 11.0. The number of alkyl halides is 1. The first-order chi connectivity index (χ1) is 8.93. The van der Waals surface area contributed by atoms with Crippen LogP contribution in [-0.4, -0.2) is 16.4 Å². The lowest BCUT2D eigenvalue weighted by Gasteiger charge is -2.13. The van der Waals surface area contributed by atoms with Gasteiger partial charge in [-0.3, -0.25) is 10.1 Å². The molecule has 0 fully saturated rings. The molecular formula is C14H20BrNO3. The highest BCUT2D eigenvalue weighted by Crippen LogP contribution is 2.29. The highest BCUT2D eigenvalue weighted by Gasteiger charge is 2.17. The fourth-order valence-electron chi connectivity index (χ4n) is 1.96. The third-order valence-corrected chi connectivity index (χ3v) is 3.40. The van der Waals surface area contributed by atoms with Crippen LogP contribution in [0.1, 0.15) is 32.8 Å². The van der Waals surface area contributed by atoms with Gasteiger partial charge in [0.2, 0.25) is 0 Å². The number of hydrogen-bond acceptors (Lipinski definition) is 3. The first-order valence-corrected chi connectivity index (χ1v) is 7.39. The topological polar surface area (TPSA) is 52.4 Å². The predicted molar refractivity (Wildman–Crippen MR) is 80.1 cm³/mol. The van der Waals surface area contributed by atoms with Crippen molar-refractivity contribution in [2.45, 2.75) is 38.4 Å². The van der Waals surface area contributed by atoms with Gasteiger partial charge in [-0.15, -0.1) is 0 Å². The molecule has 0 N–H and O–H groups in total. The Balaban J connectivity index is 2.86. The summed E-state index contributed by atoms with van der Waals surface area (Å²) in [6.45, 7) is 6.56. The molecule has 0 aliphatic heterocycles. The predicted octanol–water partition coefficient (Wildman–Crippen LogP) is 4.35.